The molecular formula is C12H12ClN3O5S. The van der Waals surface area contributed by atoms with Crippen LogP contribution in [0.3, 0.4) is 0 Å². The molecule has 1 saturated heterocycles. The molecule has 22 heavy (non-hydrogen) atoms. The average molecular weight is 346 g/mol. The maximum atomic E-state index is 11.8. The van der Waals surface area contributed by atoms with Gasteiger partial charge in [-0.05, 0) is 12.5 Å². The topological polar surface area (TPSA) is 119 Å². The summed E-state index contributed by atoms with van der Waals surface area (Å²) in [5, 5.41) is 14.6. The summed E-state index contributed by atoms with van der Waals surface area (Å²) in [6, 6.07) is 3.83. The minimum atomic E-state index is -3.15. The molecule has 0 aliphatic carbocycles. The number of rotatable bonds is 4. The lowest BCUT2D eigenvalue weighted by Crippen LogP contribution is -2.27. The summed E-state index contributed by atoms with van der Waals surface area (Å²) in [6.07, 6.45) is 1.44. The molecule has 1 aliphatic rings. The van der Waals surface area contributed by atoms with E-state index in [0.29, 0.717) is 0 Å². The van der Waals surface area contributed by atoms with Gasteiger partial charge in [-0.25, -0.2) is 13.8 Å². The number of benzene rings is 1. The summed E-state index contributed by atoms with van der Waals surface area (Å²) >= 11 is 5.87. The number of sulfone groups is 1. The van der Waals surface area contributed by atoms with Gasteiger partial charge in [0.15, 0.2) is 9.84 Å². The molecule has 0 saturated carbocycles. The van der Waals surface area contributed by atoms with E-state index in [-0.39, 0.29) is 34.2 Å². The largest absolute Gasteiger partial charge is 0.273 e. The van der Waals surface area contributed by atoms with Crippen molar-refractivity contribution in [1.29, 1.82) is 0 Å². The van der Waals surface area contributed by atoms with E-state index in [1.54, 1.807) is 0 Å². The number of carbonyl (C=O) groups excluding carboxylic acids is 1. The highest BCUT2D eigenvalue weighted by Gasteiger charge is 2.32. The average Bonchev–Trinajstić information content (AvgIpc) is 2.81. The fraction of sp³-hybridized carbons (Fsp3) is 0.333. The van der Waals surface area contributed by atoms with Crippen LogP contribution >= 0.6 is 11.6 Å². The van der Waals surface area contributed by atoms with Crippen LogP contribution in [-0.2, 0) is 14.6 Å². The smallest absolute Gasteiger partial charge is 0.270 e. The molecule has 0 bridgehead atoms. The van der Waals surface area contributed by atoms with Gasteiger partial charge in [-0.15, -0.1) is 0 Å². The van der Waals surface area contributed by atoms with Gasteiger partial charge in [0.2, 0.25) is 5.91 Å². The van der Waals surface area contributed by atoms with Gasteiger partial charge in [0, 0.05) is 22.7 Å². The van der Waals surface area contributed by atoms with Crippen LogP contribution in [0.25, 0.3) is 0 Å². The van der Waals surface area contributed by atoms with Crippen LogP contribution in [-0.4, -0.2) is 37.0 Å². The number of nitro benzene ring substituents is 1. The van der Waals surface area contributed by atoms with E-state index in [2.05, 4.69) is 10.5 Å². The van der Waals surface area contributed by atoms with Crippen molar-refractivity contribution in [3.05, 3.63) is 38.9 Å². The van der Waals surface area contributed by atoms with Gasteiger partial charge >= 0.3 is 0 Å². The fourth-order valence-electron chi connectivity index (χ4n) is 2.00. The van der Waals surface area contributed by atoms with Crippen LogP contribution in [0.2, 0.25) is 5.02 Å². The highest BCUT2D eigenvalue weighted by Crippen LogP contribution is 2.21. The van der Waals surface area contributed by atoms with Crippen LogP contribution in [0.15, 0.2) is 23.3 Å². The van der Waals surface area contributed by atoms with Crippen molar-refractivity contribution >= 4 is 39.2 Å². The second kappa shape index (κ2) is 6.41. The molecule has 0 unspecified atom stereocenters. The van der Waals surface area contributed by atoms with Crippen molar-refractivity contribution in [2.75, 3.05) is 11.5 Å². The zero-order valence-corrected chi connectivity index (χ0v) is 12.8. The number of hydrogen-bond acceptors (Lipinski definition) is 6. The minimum absolute atomic E-state index is 0.00842. The number of halogens is 1. The van der Waals surface area contributed by atoms with E-state index in [4.69, 9.17) is 11.6 Å². The quantitative estimate of drug-likeness (QED) is 0.498. The Balaban J connectivity index is 2.02. The number of hydrogen-bond donors (Lipinski definition) is 1. The third-order valence-electron chi connectivity index (χ3n) is 3.17. The Bertz CT molecular complexity index is 747. The molecule has 8 nitrogen and oxygen atoms in total. The molecular weight excluding hydrogens is 334 g/mol. The maximum absolute atomic E-state index is 11.8. The summed E-state index contributed by atoms with van der Waals surface area (Å²) < 4.78 is 22.6. The second-order valence-corrected chi connectivity index (χ2v) is 7.43. The highest BCUT2D eigenvalue weighted by atomic mass is 35.5. The first-order chi connectivity index (χ1) is 10.3. The summed E-state index contributed by atoms with van der Waals surface area (Å²) in [7, 11) is -3.15. The first-order valence-electron chi connectivity index (χ1n) is 6.26. The van der Waals surface area contributed by atoms with E-state index < -0.39 is 26.6 Å². The van der Waals surface area contributed by atoms with E-state index in [0.717, 1.165) is 0 Å². The SMILES string of the molecule is O=C(N/N=C\c1cc([N+](=O)[O-])ccc1Cl)[C@H]1CCS(=O)(=O)C1. The molecule has 0 spiro atoms. The van der Waals surface area contributed by atoms with Crippen LogP contribution < -0.4 is 5.43 Å². The number of hydrazone groups is 1. The normalized spacial score (nSPS) is 20.1. The van der Waals surface area contributed by atoms with Gasteiger partial charge in [-0.1, -0.05) is 11.6 Å². The fourth-order valence-corrected chi connectivity index (χ4v) is 3.91. The predicted molar refractivity (Wildman–Crippen MR) is 80.6 cm³/mol. The molecule has 2 rings (SSSR count). The van der Waals surface area contributed by atoms with Gasteiger partial charge < -0.3 is 0 Å². The predicted octanol–water partition coefficient (Wildman–Crippen LogP) is 1.13. The van der Waals surface area contributed by atoms with Gasteiger partial charge in [0.25, 0.3) is 5.69 Å². The molecule has 0 radical (unpaired) electrons. The maximum Gasteiger partial charge on any atom is 0.270 e. The number of carbonyl (C=O) groups is 1. The summed E-state index contributed by atoms with van der Waals surface area (Å²) in [4.78, 5) is 21.9. The van der Waals surface area contributed by atoms with Gasteiger partial charge in [-0.2, -0.15) is 5.10 Å². The standard InChI is InChI=1S/C12H12ClN3O5S/c13-11-2-1-10(16(18)19)5-9(11)6-14-15-12(17)8-3-4-22(20,21)7-8/h1-2,5-6,8H,3-4,7H2,(H,15,17)/b14-6-/t8-/m0/s1. The summed E-state index contributed by atoms with van der Waals surface area (Å²) in [6.45, 7) is 0. The zero-order chi connectivity index (χ0) is 16.3. The molecule has 1 fully saturated rings. The summed E-state index contributed by atoms with van der Waals surface area (Å²) in [5.74, 6) is -1.32. The molecule has 1 atom stereocenters. The Morgan fingerprint density at radius 2 is 2.23 bits per heavy atom. The van der Waals surface area contributed by atoms with E-state index in [9.17, 15) is 23.3 Å². The molecule has 1 aromatic carbocycles. The van der Waals surface area contributed by atoms with Gasteiger partial charge in [-0.3, -0.25) is 14.9 Å². The lowest BCUT2D eigenvalue weighted by molar-refractivity contribution is -0.384. The molecule has 1 aliphatic heterocycles. The van der Waals surface area contributed by atoms with Crippen LogP contribution in [0.5, 0.6) is 0 Å². The monoisotopic (exact) mass is 345 g/mol. The zero-order valence-electron chi connectivity index (χ0n) is 11.2. The van der Waals surface area contributed by atoms with Crippen LogP contribution in [0.1, 0.15) is 12.0 Å². The molecule has 1 aromatic rings. The summed E-state index contributed by atoms with van der Waals surface area (Å²) in [5.41, 5.74) is 2.34. The van der Waals surface area contributed by atoms with Crippen molar-refractivity contribution < 1.29 is 18.1 Å². The molecule has 1 N–H and O–H groups in total. The number of non-ortho nitro benzene ring substituents is 1. The van der Waals surface area contributed by atoms with Crippen molar-refractivity contribution in [3.63, 3.8) is 0 Å². The van der Waals surface area contributed by atoms with E-state index >= 15 is 0 Å². The number of amides is 1. The highest BCUT2D eigenvalue weighted by molar-refractivity contribution is 7.91. The van der Waals surface area contributed by atoms with Gasteiger partial charge in [0.1, 0.15) is 0 Å². The number of nitro groups is 1. The minimum Gasteiger partial charge on any atom is -0.273 e. The first-order valence-corrected chi connectivity index (χ1v) is 8.46. The molecule has 118 valence electrons. The van der Waals surface area contributed by atoms with Crippen molar-refractivity contribution in [1.82, 2.24) is 5.43 Å². The van der Waals surface area contributed by atoms with Crippen molar-refractivity contribution in [2.45, 2.75) is 6.42 Å². The Morgan fingerprint density at radius 1 is 1.50 bits per heavy atom. The van der Waals surface area contributed by atoms with Crippen LogP contribution in [0.4, 0.5) is 5.69 Å². The van der Waals surface area contributed by atoms with Crippen LogP contribution in [0, 0.1) is 16.0 Å². The first kappa shape index (κ1) is 16.4. The molecule has 0 aromatic heterocycles. The number of nitrogens with zero attached hydrogens (tertiary/aromatic N) is 2. The molecule has 1 heterocycles. The van der Waals surface area contributed by atoms with Gasteiger partial charge in [0.05, 0.1) is 28.6 Å². The van der Waals surface area contributed by atoms with E-state index in [1.165, 1.54) is 24.4 Å². The second-order valence-electron chi connectivity index (χ2n) is 4.80. The molecule has 1 amide bonds. The van der Waals surface area contributed by atoms with Crippen molar-refractivity contribution in [2.24, 2.45) is 11.0 Å². The van der Waals surface area contributed by atoms with Crippen molar-refractivity contribution in [3.8, 4) is 0 Å². The number of nitrogens with one attached hydrogen (secondary N) is 1. The lowest BCUT2D eigenvalue weighted by Gasteiger charge is -2.04. The lowest BCUT2D eigenvalue weighted by atomic mass is 10.1. The third-order valence-corrected chi connectivity index (χ3v) is 5.28. The Kier molecular flexibility index (Phi) is 4.77. The third kappa shape index (κ3) is 4.01. The Labute approximate surface area is 131 Å². The Hall–Kier alpha value is -2.00. The Morgan fingerprint density at radius 3 is 2.82 bits per heavy atom. The molecule has 10 heteroatoms. The van der Waals surface area contributed by atoms with E-state index in [1.807, 2.05) is 0 Å².